The van der Waals surface area contributed by atoms with Crippen molar-refractivity contribution < 1.29 is 13.2 Å². The molecule has 0 aliphatic rings. The molecular formula is C12H8Cl2F3N3. The Morgan fingerprint density at radius 1 is 0.950 bits per heavy atom. The van der Waals surface area contributed by atoms with Gasteiger partial charge in [-0.2, -0.15) is 0 Å². The average Bonchev–Trinajstić information content (AvgIpc) is 2.39. The number of halogens is 5. The van der Waals surface area contributed by atoms with Crippen LogP contribution in [0.5, 0.6) is 0 Å². The smallest absolute Gasteiger partial charge is 0.194 e. The third kappa shape index (κ3) is 2.91. The quantitative estimate of drug-likeness (QED) is 0.812. The van der Waals surface area contributed by atoms with E-state index in [-0.39, 0.29) is 16.5 Å². The minimum absolute atomic E-state index is 0.0276. The van der Waals surface area contributed by atoms with E-state index >= 15 is 0 Å². The van der Waals surface area contributed by atoms with Crippen molar-refractivity contribution in [1.29, 1.82) is 0 Å². The number of benzene rings is 1. The van der Waals surface area contributed by atoms with Crippen LogP contribution in [-0.4, -0.2) is 12.0 Å². The molecule has 1 aromatic heterocycles. The molecule has 106 valence electrons. The van der Waals surface area contributed by atoms with Gasteiger partial charge in [-0.05, 0) is 6.07 Å². The van der Waals surface area contributed by atoms with E-state index in [0.717, 1.165) is 12.1 Å². The predicted molar refractivity (Wildman–Crippen MR) is 73.4 cm³/mol. The Morgan fingerprint density at radius 3 is 2.05 bits per heavy atom. The SMILES string of the molecule is CNc1nc(Nc2cc(F)c(F)c(F)c2)c(Cl)cc1Cl. The lowest BCUT2D eigenvalue weighted by molar-refractivity contribution is 0.448. The van der Waals surface area contributed by atoms with E-state index in [4.69, 9.17) is 23.2 Å². The summed E-state index contributed by atoms with van der Waals surface area (Å²) >= 11 is 11.8. The van der Waals surface area contributed by atoms with Gasteiger partial charge in [0.15, 0.2) is 23.3 Å². The number of nitrogens with one attached hydrogen (secondary N) is 2. The van der Waals surface area contributed by atoms with Gasteiger partial charge >= 0.3 is 0 Å². The van der Waals surface area contributed by atoms with Crippen LogP contribution in [0.15, 0.2) is 18.2 Å². The van der Waals surface area contributed by atoms with E-state index in [9.17, 15) is 13.2 Å². The molecule has 3 nitrogen and oxygen atoms in total. The summed E-state index contributed by atoms with van der Waals surface area (Å²) in [5.74, 6) is -3.70. The fourth-order valence-electron chi connectivity index (χ4n) is 1.49. The van der Waals surface area contributed by atoms with Gasteiger partial charge in [-0.15, -0.1) is 0 Å². The maximum atomic E-state index is 13.1. The van der Waals surface area contributed by atoms with Crippen LogP contribution in [0.1, 0.15) is 0 Å². The van der Waals surface area contributed by atoms with Crippen molar-refractivity contribution in [2.75, 3.05) is 17.7 Å². The minimum Gasteiger partial charge on any atom is -0.372 e. The molecule has 0 unspecified atom stereocenters. The molecular weight excluding hydrogens is 314 g/mol. The van der Waals surface area contributed by atoms with Gasteiger partial charge in [-0.1, -0.05) is 23.2 Å². The third-order valence-electron chi connectivity index (χ3n) is 2.41. The van der Waals surface area contributed by atoms with Crippen molar-refractivity contribution >= 4 is 40.5 Å². The molecule has 2 N–H and O–H groups in total. The number of hydrogen-bond acceptors (Lipinski definition) is 3. The van der Waals surface area contributed by atoms with Crippen molar-refractivity contribution in [2.24, 2.45) is 0 Å². The monoisotopic (exact) mass is 321 g/mol. The van der Waals surface area contributed by atoms with Gasteiger partial charge < -0.3 is 10.6 Å². The molecule has 0 saturated carbocycles. The summed E-state index contributed by atoms with van der Waals surface area (Å²) in [6, 6.07) is 3.01. The highest BCUT2D eigenvalue weighted by Gasteiger charge is 2.13. The van der Waals surface area contributed by atoms with Gasteiger partial charge in [-0.25, -0.2) is 18.2 Å². The van der Waals surface area contributed by atoms with Gasteiger partial charge in [0.25, 0.3) is 0 Å². The first-order valence-electron chi connectivity index (χ1n) is 5.37. The first-order valence-corrected chi connectivity index (χ1v) is 6.13. The lowest BCUT2D eigenvalue weighted by Gasteiger charge is -2.11. The maximum Gasteiger partial charge on any atom is 0.194 e. The highest BCUT2D eigenvalue weighted by Crippen LogP contribution is 2.31. The number of hydrogen-bond donors (Lipinski definition) is 2. The second-order valence-electron chi connectivity index (χ2n) is 3.78. The van der Waals surface area contributed by atoms with Gasteiger partial charge in [0, 0.05) is 24.9 Å². The van der Waals surface area contributed by atoms with E-state index in [1.54, 1.807) is 7.05 Å². The molecule has 2 rings (SSSR count). The predicted octanol–water partition coefficient (Wildman–Crippen LogP) is 4.59. The molecule has 0 fully saturated rings. The van der Waals surface area contributed by atoms with Crippen molar-refractivity contribution in [3.05, 3.63) is 45.7 Å². The lowest BCUT2D eigenvalue weighted by atomic mass is 10.3. The van der Waals surface area contributed by atoms with Gasteiger partial charge in [0.05, 0.1) is 10.0 Å². The summed E-state index contributed by atoms with van der Waals surface area (Å²) in [6.07, 6.45) is 0. The lowest BCUT2D eigenvalue weighted by Crippen LogP contribution is -2.01. The van der Waals surface area contributed by atoms with Crippen LogP contribution in [0.4, 0.5) is 30.5 Å². The van der Waals surface area contributed by atoms with Crippen LogP contribution < -0.4 is 10.6 Å². The van der Waals surface area contributed by atoms with E-state index < -0.39 is 17.5 Å². The number of aromatic nitrogens is 1. The maximum absolute atomic E-state index is 13.1. The molecule has 0 radical (unpaired) electrons. The van der Waals surface area contributed by atoms with E-state index in [2.05, 4.69) is 15.6 Å². The van der Waals surface area contributed by atoms with E-state index in [1.165, 1.54) is 6.07 Å². The van der Waals surface area contributed by atoms with Gasteiger partial charge in [-0.3, -0.25) is 0 Å². The van der Waals surface area contributed by atoms with Crippen molar-refractivity contribution in [3.8, 4) is 0 Å². The van der Waals surface area contributed by atoms with Crippen LogP contribution in [0.2, 0.25) is 10.0 Å². The largest absolute Gasteiger partial charge is 0.372 e. The average molecular weight is 322 g/mol. The number of anilines is 3. The van der Waals surface area contributed by atoms with Crippen LogP contribution >= 0.6 is 23.2 Å². The first kappa shape index (κ1) is 14.7. The Balaban J connectivity index is 2.39. The first-order chi connectivity index (χ1) is 9.42. The Kier molecular flexibility index (Phi) is 4.25. The minimum atomic E-state index is -1.54. The highest BCUT2D eigenvalue weighted by atomic mass is 35.5. The third-order valence-corrected chi connectivity index (χ3v) is 2.99. The zero-order valence-electron chi connectivity index (χ0n) is 10.1. The second-order valence-corrected chi connectivity index (χ2v) is 4.59. The topological polar surface area (TPSA) is 37.0 Å². The fourth-order valence-corrected chi connectivity index (χ4v) is 1.99. The standard InChI is InChI=1S/C12H8Cl2F3N3/c1-18-11-6(13)4-7(14)12(20-11)19-5-2-8(15)10(17)9(16)3-5/h2-4H,1H3,(H2,18,19,20). The van der Waals surface area contributed by atoms with Crippen LogP contribution in [0.25, 0.3) is 0 Å². The number of rotatable bonds is 3. The molecule has 20 heavy (non-hydrogen) atoms. The summed E-state index contributed by atoms with van der Waals surface area (Å²) in [7, 11) is 1.60. The summed E-state index contributed by atoms with van der Waals surface area (Å²) in [5.41, 5.74) is -0.0276. The fraction of sp³-hybridized carbons (Fsp3) is 0.0833. The Hall–Kier alpha value is -1.66. The molecule has 0 atom stereocenters. The molecule has 2 aromatic rings. The van der Waals surface area contributed by atoms with Crippen molar-refractivity contribution in [3.63, 3.8) is 0 Å². The zero-order chi connectivity index (χ0) is 14.9. The molecule has 0 aliphatic carbocycles. The van der Waals surface area contributed by atoms with Crippen LogP contribution in [0.3, 0.4) is 0 Å². The number of nitrogens with zero attached hydrogens (tertiary/aromatic N) is 1. The molecule has 8 heteroatoms. The molecule has 0 saturated heterocycles. The molecule has 0 aliphatic heterocycles. The summed E-state index contributed by atoms with van der Waals surface area (Å²) in [6.45, 7) is 0. The van der Waals surface area contributed by atoms with Crippen LogP contribution in [-0.2, 0) is 0 Å². The van der Waals surface area contributed by atoms with E-state index in [0.29, 0.717) is 10.8 Å². The Labute approximate surface area is 122 Å². The van der Waals surface area contributed by atoms with Crippen molar-refractivity contribution in [2.45, 2.75) is 0 Å². The molecule has 0 amide bonds. The van der Waals surface area contributed by atoms with Crippen LogP contribution in [0, 0.1) is 17.5 Å². The second kappa shape index (κ2) is 5.76. The molecule has 0 bridgehead atoms. The van der Waals surface area contributed by atoms with Gasteiger partial charge in [0.2, 0.25) is 0 Å². The summed E-state index contributed by atoms with van der Waals surface area (Å²) in [4.78, 5) is 4.04. The molecule has 0 spiro atoms. The molecule has 1 heterocycles. The normalized spacial score (nSPS) is 10.5. The van der Waals surface area contributed by atoms with Crippen molar-refractivity contribution in [1.82, 2.24) is 4.98 Å². The zero-order valence-corrected chi connectivity index (χ0v) is 11.6. The molecule has 1 aromatic carbocycles. The van der Waals surface area contributed by atoms with Gasteiger partial charge in [0.1, 0.15) is 5.82 Å². The highest BCUT2D eigenvalue weighted by molar-refractivity contribution is 6.37. The summed E-state index contributed by atoms with van der Waals surface area (Å²) < 4.78 is 39.1. The Bertz CT molecular complexity index is 642. The summed E-state index contributed by atoms with van der Waals surface area (Å²) in [5, 5.41) is 5.77. The number of pyridine rings is 1. The Morgan fingerprint density at radius 2 is 1.50 bits per heavy atom. The van der Waals surface area contributed by atoms with E-state index in [1.807, 2.05) is 0 Å².